The van der Waals surface area contributed by atoms with E-state index in [0.29, 0.717) is 6.54 Å². The number of fused-ring (bicyclic) bond motifs is 1. The third-order valence-electron chi connectivity index (χ3n) is 9.45. The van der Waals surface area contributed by atoms with Crippen LogP contribution in [0.5, 0.6) is 0 Å². The van der Waals surface area contributed by atoms with Gasteiger partial charge in [-0.25, -0.2) is 87.8 Å². The standard InChI is InChI=1S/C24BF20.C14H11FNS/c26-5-1(6(27)14(35)21(42)13(5)34)25(2-7(28)15(36)22(43)16(37)8(2)29,3-9(30)17(38)23(44)18(39)10(3)31)4-11(32)19(40)24(45)20(41)12(4)33;15-14-16(10-11-6-2-1-3-7-11)12-8-4-5-9-13(12)17-14/h;1-9H,10H2/q-1;+1. The number of para-hydroxylation sites is 1. The van der Waals surface area contributed by atoms with Crippen molar-refractivity contribution in [3.05, 3.63) is 182 Å². The Bertz CT molecular complexity index is 2570. The molecule has 0 aliphatic heterocycles. The van der Waals surface area contributed by atoms with Crippen molar-refractivity contribution < 1.29 is 96.8 Å². The van der Waals surface area contributed by atoms with E-state index in [1.165, 1.54) is 11.3 Å². The number of hydrogen-bond donors (Lipinski definition) is 0. The summed E-state index contributed by atoms with van der Waals surface area (Å²) in [7, 11) is 0. The van der Waals surface area contributed by atoms with E-state index in [1.54, 1.807) is 4.57 Å². The lowest BCUT2D eigenvalue weighted by Crippen LogP contribution is -2.81. The molecule has 0 bridgehead atoms. The van der Waals surface area contributed by atoms with E-state index >= 15 is 35.1 Å². The molecule has 0 aliphatic rings. The number of thiazole rings is 1. The molecular weight excluding hydrogens is 912 g/mol. The van der Waals surface area contributed by atoms with Crippen LogP contribution in [0.2, 0.25) is 0 Å². The molecule has 0 N–H and O–H groups in total. The predicted molar refractivity (Wildman–Crippen MR) is 177 cm³/mol. The van der Waals surface area contributed by atoms with E-state index in [4.69, 9.17) is 0 Å². The molecule has 0 saturated carbocycles. The highest BCUT2D eigenvalue weighted by Crippen LogP contribution is 2.31. The molecule has 24 heteroatoms. The zero-order valence-electron chi connectivity index (χ0n) is 29.3. The molecule has 0 spiro atoms. The second-order valence-electron chi connectivity index (χ2n) is 12.7. The fourth-order valence-electron chi connectivity index (χ4n) is 6.79. The van der Waals surface area contributed by atoms with Gasteiger partial charge in [0.15, 0.2) is 76.4 Å². The van der Waals surface area contributed by atoms with Gasteiger partial charge in [-0.2, -0.15) is 4.57 Å². The highest BCUT2D eigenvalue weighted by Gasteiger charge is 2.52. The second kappa shape index (κ2) is 16.6. The molecule has 62 heavy (non-hydrogen) atoms. The van der Waals surface area contributed by atoms with Gasteiger partial charge in [-0.3, -0.25) is 0 Å². The van der Waals surface area contributed by atoms with Gasteiger partial charge in [0.05, 0.1) is 0 Å². The Kier molecular flexibility index (Phi) is 12.1. The van der Waals surface area contributed by atoms with Crippen molar-refractivity contribution in [2.24, 2.45) is 0 Å². The molecule has 0 unspecified atom stereocenters. The van der Waals surface area contributed by atoms with Crippen molar-refractivity contribution in [1.29, 1.82) is 0 Å². The van der Waals surface area contributed by atoms with Gasteiger partial charge >= 0.3 is 5.26 Å². The van der Waals surface area contributed by atoms with Crippen molar-refractivity contribution in [2.45, 2.75) is 6.54 Å². The smallest absolute Gasteiger partial charge is 0.207 e. The largest absolute Gasteiger partial charge is 0.422 e. The Morgan fingerprint density at radius 2 is 0.581 bits per heavy atom. The fourth-order valence-corrected chi connectivity index (χ4v) is 7.68. The lowest BCUT2D eigenvalue weighted by atomic mass is 9.12. The van der Waals surface area contributed by atoms with Crippen LogP contribution in [0.25, 0.3) is 10.2 Å². The number of aromatic nitrogens is 1. The first kappa shape index (κ1) is 45.3. The van der Waals surface area contributed by atoms with Crippen molar-refractivity contribution >= 4 is 49.6 Å². The van der Waals surface area contributed by atoms with Crippen LogP contribution in [0, 0.1) is 122 Å². The highest BCUT2D eigenvalue weighted by molar-refractivity contribution is 7.20. The molecule has 1 heterocycles. The van der Waals surface area contributed by atoms with Crippen LogP contribution in [-0.2, 0) is 6.54 Å². The topological polar surface area (TPSA) is 3.88 Å². The van der Waals surface area contributed by atoms with E-state index in [1.807, 2.05) is 54.6 Å². The summed E-state index contributed by atoms with van der Waals surface area (Å²) >= 11 is 1.19. The Balaban J connectivity index is 0.000000311. The summed E-state index contributed by atoms with van der Waals surface area (Å²) in [5, 5.41) is -0.143. The number of halogens is 21. The Morgan fingerprint density at radius 3 is 0.887 bits per heavy atom. The molecule has 0 amide bonds. The van der Waals surface area contributed by atoms with Gasteiger partial charge in [0, 0.05) is 11.6 Å². The minimum Gasteiger partial charge on any atom is -0.207 e. The van der Waals surface area contributed by atoms with Crippen LogP contribution in [0.15, 0.2) is 54.6 Å². The normalized spacial score (nSPS) is 11.7. The van der Waals surface area contributed by atoms with Crippen LogP contribution >= 0.6 is 11.3 Å². The number of nitrogens with zero attached hydrogens (tertiary/aromatic N) is 1. The van der Waals surface area contributed by atoms with Crippen molar-refractivity contribution in [1.82, 2.24) is 0 Å². The second-order valence-corrected chi connectivity index (χ2v) is 13.7. The van der Waals surface area contributed by atoms with Gasteiger partial charge in [-0.1, -0.05) is 42.5 Å². The quantitative estimate of drug-likeness (QED) is 0.0516. The summed E-state index contributed by atoms with van der Waals surface area (Å²) in [6, 6.07) is 17.7. The number of hydrogen-bond acceptors (Lipinski definition) is 1. The van der Waals surface area contributed by atoms with Crippen molar-refractivity contribution in [3.63, 3.8) is 0 Å². The van der Waals surface area contributed by atoms with Gasteiger partial charge in [0.1, 0.15) is 57.4 Å². The fraction of sp³-hybridized carbons (Fsp3) is 0.0263. The van der Waals surface area contributed by atoms with Gasteiger partial charge in [0.2, 0.25) is 5.52 Å². The molecule has 0 atom stereocenters. The molecule has 1 aromatic heterocycles. The molecule has 0 saturated heterocycles. The summed E-state index contributed by atoms with van der Waals surface area (Å²) < 4.78 is 311. The van der Waals surface area contributed by atoms with Crippen LogP contribution in [0.3, 0.4) is 0 Å². The van der Waals surface area contributed by atoms with Crippen LogP contribution in [-0.4, -0.2) is 6.15 Å². The molecule has 0 fully saturated rings. The van der Waals surface area contributed by atoms with E-state index < -0.39 is 144 Å². The molecule has 0 aliphatic carbocycles. The third kappa shape index (κ3) is 6.78. The zero-order chi connectivity index (χ0) is 46.0. The van der Waals surface area contributed by atoms with Gasteiger partial charge < -0.3 is 0 Å². The average Bonchev–Trinajstić information content (AvgIpc) is 3.57. The Hall–Kier alpha value is -6.20. The molecule has 1 nitrogen and oxygen atoms in total. The summed E-state index contributed by atoms with van der Waals surface area (Å²) in [6.45, 7) is 0.580. The van der Waals surface area contributed by atoms with Crippen LogP contribution in [0.4, 0.5) is 92.2 Å². The first-order valence-electron chi connectivity index (χ1n) is 16.4. The molecule has 7 aromatic rings. The summed E-state index contributed by atoms with van der Waals surface area (Å²) in [6.07, 6.45) is -7.22. The highest BCUT2D eigenvalue weighted by atomic mass is 32.1. The van der Waals surface area contributed by atoms with Gasteiger partial charge in [0.25, 0.3) is 0 Å². The summed E-state index contributed by atoms with van der Waals surface area (Å²) in [5.74, 6) is -71.4. The van der Waals surface area contributed by atoms with Gasteiger partial charge in [-0.05, 0) is 17.4 Å². The Morgan fingerprint density at radius 1 is 0.323 bits per heavy atom. The third-order valence-corrected chi connectivity index (χ3v) is 10.4. The molecular formula is C38H11BF21NS. The average molecular weight is 923 g/mol. The zero-order valence-corrected chi connectivity index (χ0v) is 30.1. The molecule has 0 radical (unpaired) electrons. The number of rotatable bonds is 6. The molecule has 6 aromatic carbocycles. The molecule has 7 rings (SSSR count). The van der Waals surface area contributed by atoms with E-state index in [0.717, 1.165) is 15.8 Å². The predicted octanol–water partition coefficient (Wildman–Crippen LogP) is 9.22. The van der Waals surface area contributed by atoms with E-state index in [2.05, 4.69) is 0 Å². The van der Waals surface area contributed by atoms with E-state index in [-0.39, 0.29) is 5.26 Å². The lowest BCUT2D eigenvalue weighted by Gasteiger charge is -2.44. The van der Waals surface area contributed by atoms with Crippen LogP contribution in [0.1, 0.15) is 5.56 Å². The summed E-state index contributed by atoms with van der Waals surface area (Å²) in [5.41, 5.74) is -12.3. The molecule has 324 valence electrons. The van der Waals surface area contributed by atoms with Crippen LogP contribution < -0.4 is 26.4 Å². The van der Waals surface area contributed by atoms with E-state index in [9.17, 15) is 57.1 Å². The van der Waals surface area contributed by atoms with Gasteiger partial charge in [-0.15, -0.1) is 26.2 Å². The minimum absolute atomic E-state index is 0.143. The Labute approximate surface area is 334 Å². The summed E-state index contributed by atoms with van der Waals surface area (Å²) in [4.78, 5) is 0. The maximum atomic E-state index is 15.4. The van der Waals surface area contributed by atoms with Crippen molar-refractivity contribution in [2.75, 3.05) is 0 Å². The SMILES string of the molecule is Fc1c(F)c(F)c([B-](c2c(F)c(F)c(F)c(F)c2F)(c2c(F)c(F)c(F)c(F)c2F)c2c(F)c(F)c(F)c(F)c2F)c(F)c1F.Fc1sc2ccccc2[n+]1Cc1ccccc1. The number of benzene rings is 6. The monoisotopic (exact) mass is 923 g/mol. The minimum atomic E-state index is -7.22. The maximum absolute atomic E-state index is 15.4. The van der Waals surface area contributed by atoms with Crippen molar-refractivity contribution in [3.8, 4) is 0 Å². The first-order valence-corrected chi connectivity index (χ1v) is 17.2. The first-order chi connectivity index (χ1) is 29.0. The lowest BCUT2D eigenvalue weighted by molar-refractivity contribution is -0.685. The maximum Gasteiger partial charge on any atom is 0.422 e.